The van der Waals surface area contributed by atoms with E-state index in [0.29, 0.717) is 17.7 Å². The lowest BCUT2D eigenvalue weighted by Gasteiger charge is -2.44. The number of likely N-dealkylation sites (tertiary alicyclic amines) is 1. The van der Waals surface area contributed by atoms with Gasteiger partial charge in [0.2, 0.25) is 0 Å². The first-order valence-corrected chi connectivity index (χ1v) is 12.1. The van der Waals surface area contributed by atoms with E-state index in [1.165, 1.54) is 0 Å². The molecule has 3 atom stereocenters. The van der Waals surface area contributed by atoms with Crippen molar-refractivity contribution in [2.24, 2.45) is 5.92 Å². The number of amides is 2. The number of fused-ring (bicyclic) bond motifs is 3. The molecule has 0 saturated carbocycles. The normalized spacial score (nSPS) is 20.9. The van der Waals surface area contributed by atoms with Crippen LogP contribution in [0.15, 0.2) is 72.8 Å². The van der Waals surface area contributed by atoms with E-state index in [0.717, 1.165) is 28.8 Å². The second kappa shape index (κ2) is 9.19. The van der Waals surface area contributed by atoms with Gasteiger partial charge >= 0.3 is 0 Å². The standard InChI is InChI=1S/C29H31N3O3/c1-30(2)28(34)22-11-7-10-20(16-22)21-12-13-25-24(17-21)27-23(26(18-33)31(25)3)14-15-32(27)29(35)19-8-5-4-6-9-19/h4-13,16-17,23,26-27,33H,14-15,18H2,1-3H3/t23-,26-,27-/m0/s1. The van der Waals surface area contributed by atoms with Gasteiger partial charge < -0.3 is 19.8 Å². The van der Waals surface area contributed by atoms with Gasteiger partial charge in [-0.05, 0) is 59.5 Å². The fraction of sp³-hybridized carbons (Fsp3) is 0.310. The predicted octanol–water partition coefficient (Wildman–Crippen LogP) is 4.07. The molecule has 1 fully saturated rings. The molecule has 0 bridgehead atoms. The summed E-state index contributed by atoms with van der Waals surface area (Å²) < 4.78 is 0. The average Bonchev–Trinajstić information content (AvgIpc) is 3.33. The molecule has 3 aromatic rings. The molecule has 2 amide bonds. The molecule has 35 heavy (non-hydrogen) atoms. The fourth-order valence-corrected chi connectivity index (χ4v) is 5.70. The van der Waals surface area contributed by atoms with Crippen molar-refractivity contribution < 1.29 is 14.7 Å². The van der Waals surface area contributed by atoms with Gasteiger partial charge in [-0.25, -0.2) is 0 Å². The number of aliphatic hydroxyl groups excluding tert-OH is 1. The van der Waals surface area contributed by atoms with E-state index in [2.05, 4.69) is 23.1 Å². The van der Waals surface area contributed by atoms with Crippen LogP contribution in [0.25, 0.3) is 11.1 Å². The van der Waals surface area contributed by atoms with E-state index in [1.807, 2.05) is 66.5 Å². The Morgan fingerprint density at radius 2 is 1.66 bits per heavy atom. The number of aliphatic hydroxyl groups is 1. The van der Waals surface area contributed by atoms with Crippen LogP contribution in [0.4, 0.5) is 5.69 Å². The highest BCUT2D eigenvalue weighted by molar-refractivity contribution is 5.96. The highest BCUT2D eigenvalue weighted by atomic mass is 16.3. The molecule has 1 N–H and O–H groups in total. The number of hydrogen-bond donors (Lipinski definition) is 1. The van der Waals surface area contributed by atoms with Crippen molar-refractivity contribution in [1.29, 1.82) is 0 Å². The minimum atomic E-state index is -0.113. The van der Waals surface area contributed by atoms with Crippen molar-refractivity contribution in [2.75, 3.05) is 39.2 Å². The van der Waals surface area contributed by atoms with Gasteiger partial charge in [0.05, 0.1) is 18.7 Å². The fourth-order valence-electron chi connectivity index (χ4n) is 5.70. The summed E-state index contributed by atoms with van der Waals surface area (Å²) in [6, 6.07) is 23.2. The van der Waals surface area contributed by atoms with Crippen molar-refractivity contribution in [3.63, 3.8) is 0 Å². The van der Waals surface area contributed by atoms with Gasteiger partial charge in [0.1, 0.15) is 0 Å². The molecule has 0 radical (unpaired) electrons. The van der Waals surface area contributed by atoms with E-state index >= 15 is 0 Å². The lowest BCUT2D eigenvalue weighted by molar-refractivity contribution is 0.0694. The quantitative estimate of drug-likeness (QED) is 0.626. The molecular weight excluding hydrogens is 438 g/mol. The van der Waals surface area contributed by atoms with E-state index in [9.17, 15) is 14.7 Å². The van der Waals surface area contributed by atoms with Crippen LogP contribution in [-0.4, -0.2) is 67.1 Å². The molecule has 1 saturated heterocycles. The zero-order valence-corrected chi connectivity index (χ0v) is 20.4. The van der Waals surface area contributed by atoms with Crippen molar-refractivity contribution >= 4 is 17.5 Å². The summed E-state index contributed by atoms with van der Waals surface area (Å²) in [4.78, 5) is 31.8. The molecule has 0 unspecified atom stereocenters. The molecule has 6 heteroatoms. The molecule has 2 aliphatic heterocycles. The third kappa shape index (κ3) is 3.98. The van der Waals surface area contributed by atoms with Gasteiger partial charge in [0, 0.05) is 50.4 Å². The molecule has 180 valence electrons. The van der Waals surface area contributed by atoms with Crippen molar-refractivity contribution in [3.8, 4) is 11.1 Å². The molecular formula is C29H31N3O3. The van der Waals surface area contributed by atoms with Gasteiger partial charge in [-0.15, -0.1) is 0 Å². The highest BCUT2D eigenvalue weighted by Gasteiger charge is 2.47. The van der Waals surface area contributed by atoms with Gasteiger partial charge in [-0.2, -0.15) is 0 Å². The molecule has 3 aromatic carbocycles. The summed E-state index contributed by atoms with van der Waals surface area (Å²) >= 11 is 0. The number of nitrogens with zero attached hydrogens (tertiary/aromatic N) is 3. The van der Waals surface area contributed by atoms with Crippen LogP contribution < -0.4 is 4.90 Å². The third-order valence-electron chi connectivity index (χ3n) is 7.48. The maximum atomic E-state index is 13.5. The van der Waals surface area contributed by atoms with Crippen LogP contribution in [0.1, 0.15) is 38.7 Å². The van der Waals surface area contributed by atoms with Crippen LogP contribution >= 0.6 is 0 Å². The Kier molecular flexibility index (Phi) is 6.07. The zero-order chi connectivity index (χ0) is 24.7. The Bertz CT molecular complexity index is 1260. The number of anilines is 1. The number of benzene rings is 3. The van der Waals surface area contributed by atoms with E-state index in [4.69, 9.17) is 0 Å². The number of hydrogen-bond acceptors (Lipinski definition) is 4. The van der Waals surface area contributed by atoms with Crippen LogP contribution in [-0.2, 0) is 0 Å². The second-order valence-corrected chi connectivity index (χ2v) is 9.68. The Labute approximate surface area is 206 Å². The number of carbonyl (C=O) groups is 2. The molecule has 5 rings (SSSR count). The lowest BCUT2D eigenvalue weighted by atomic mass is 9.81. The smallest absolute Gasteiger partial charge is 0.254 e. The van der Waals surface area contributed by atoms with Crippen LogP contribution in [0.2, 0.25) is 0 Å². The van der Waals surface area contributed by atoms with Crippen molar-refractivity contribution in [2.45, 2.75) is 18.5 Å². The maximum absolute atomic E-state index is 13.5. The molecule has 0 spiro atoms. The van der Waals surface area contributed by atoms with E-state index in [-0.39, 0.29) is 36.4 Å². The minimum Gasteiger partial charge on any atom is -0.394 e. The van der Waals surface area contributed by atoms with Gasteiger partial charge in [-0.3, -0.25) is 9.59 Å². The first-order valence-electron chi connectivity index (χ1n) is 12.1. The van der Waals surface area contributed by atoms with Gasteiger partial charge in [0.25, 0.3) is 11.8 Å². The van der Waals surface area contributed by atoms with Crippen LogP contribution in [0, 0.1) is 5.92 Å². The Hall–Kier alpha value is -3.64. The lowest BCUT2D eigenvalue weighted by Crippen LogP contribution is -2.48. The number of likely N-dealkylation sites (N-methyl/N-ethyl adjacent to an activating group) is 1. The Balaban J connectivity index is 1.59. The Morgan fingerprint density at radius 1 is 0.943 bits per heavy atom. The third-order valence-corrected chi connectivity index (χ3v) is 7.48. The summed E-state index contributed by atoms with van der Waals surface area (Å²) in [5, 5.41) is 10.3. The molecule has 2 aliphatic rings. The number of carbonyl (C=O) groups excluding carboxylic acids is 2. The van der Waals surface area contributed by atoms with Gasteiger partial charge in [0.15, 0.2) is 0 Å². The van der Waals surface area contributed by atoms with E-state index in [1.54, 1.807) is 19.0 Å². The monoisotopic (exact) mass is 469 g/mol. The summed E-state index contributed by atoms with van der Waals surface area (Å²) in [7, 11) is 5.52. The molecule has 6 nitrogen and oxygen atoms in total. The van der Waals surface area contributed by atoms with Crippen LogP contribution in [0.3, 0.4) is 0 Å². The average molecular weight is 470 g/mol. The van der Waals surface area contributed by atoms with Crippen LogP contribution in [0.5, 0.6) is 0 Å². The zero-order valence-electron chi connectivity index (χ0n) is 20.4. The van der Waals surface area contributed by atoms with Crippen molar-refractivity contribution in [3.05, 3.63) is 89.5 Å². The Morgan fingerprint density at radius 3 is 2.37 bits per heavy atom. The summed E-state index contributed by atoms with van der Waals surface area (Å²) in [6.45, 7) is 0.699. The molecule has 0 aromatic heterocycles. The highest BCUT2D eigenvalue weighted by Crippen LogP contribution is 2.49. The second-order valence-electron chi connectivity index (χ2n) is 9.68. The predicted molar refractivity (Wildman–Crippen MR) is 137 cm³/mol. The first-order chi connectivity index (χ1) is 16.9. The summed E-state index contributed by atoms with van der Waals surface area (Å²) in [5.74, 6) is 0.127. The SMILES string of the molecule is CN(C)C(=O)c1cccc(-c2ccc3c(c2)[C@@H]2[C@@H](CCN2C(=O)c2ccccc2)[C@H](CO)N3C)c1. The minimum absolute atomic E-state index is 0.0225. The first kappa shape index (κ1) is 23.1. The van der Waals surface area contributed by atoms with Gasteiger partial charge in [-0.1, -0.05) is 36.4 Å². The molecule has 0 aliphatic carbocycles. The largest absolute Gasteiger partial charge is 0.394 e. The van der Waals surface area contributed by atoms with E-state index < -0.39 is 0 Å². The summed E-state index contributed by atoms with van der Waals surface area (Å²) in [6.07, 6.45) is 0.843. The summed E-state index contributed by atoms with van der Waals surface area (Å²) in [5.41, 5.74) is 5.41. The van der Waals surface area contributed by atoms with Crippen molar-refractivity contribution in [1.82, 2.24) is 9.80 Å². The topological polar surface area (TPSA) is 64.1 Å². The molecule has 2 heterocycles. The maximum Gasteiger partial charge on any atom is 0.254 e. The number of rotatable bonds is 4.